The Morgan fingerprint density at radius 1 is 1.10 bits per heavy atom. The summed E-state index contributed by atoms with van der Waals surface area (Å²) >= 11 is 0. The molecule has 0 saturated heterocycles. The second kappa shape index (κ2) is 5.40. The molecule has 108 valence electrons. The summed E-state index contributed by atoms with van der Waals surface area (Å²) < 4.78 is 4.66. The van der Waals surface area contributed by atoms with Gasteiger partial charge < -0.3 is 9.13 Å². The molecule has 2 aromatic heterocycles. The van der Waals surface area contributed by atoms with E-state index < -0.39 is 0 Å². The summed E-state index contributed by atoms with van der Waals surface area (Å²) in [5, 5.41) is 1.34. The summed E-state index contributed by atoms with van der Waals surface area (Å²) in [4.78, 5) is 4.18. The number of rotatable bonds is 5. The average molecular weight is 279 g/mol. The molecule has 1 aliphatic carbocycles. The smallest absolute Gasteiger partial charge is 0.0946 e. The predicted molar refractivity (Wildman–Crippen MR) is 85.0 cm³/mol. The van der Waals surface area contributed by atoms with Crippen molar-refractivity contribution < 1.29 is 0 Å². The van der Waals surface area contributed by atoms with E-state index >= 15 is 0 Å². The van der Waals surface area contributed by atoms with Gasteiger partial charge in [-0.05, 0) is 29.4 Å². The molecule has 0 aliphatic heterocycles. The highest BCUT2D eigenvalue weighted by Crippen LogP contribution is 2.35. The number of nitrogens with zero attached hydrogens (tertiary/aromatic N) is 3. The van der Waals surface area contributed by atoms with E-state index in [1.165, 1.54) is 30.2 Å². The van der Waals surface area contributed by atoms with Crippen molar-refractivity contribution in [1.82, 2.24) is 14.1 Å². The van der Waals surface area contributed by atoms with Crippen LogP contribution in [0.1, 0.15) is 19.3 Å². The van der Waals surface area contributed by atoms with Gasteiger partial charge in [-0.3, -0.25) is 0 Å². The highest BCUT2D eigenvalue weighted by Gasteiger charge is 2.27. The van der Waals surface area contributed by atoms with Gasteiger partial charge in [0.25, 0.3) is 0 Å². The van der Waals surface area contributed by atoms with Crippen LogP contribution in [0.15, 0.2) is 55.2 Å². The molecule has 3 heteroatoms. The van der Waals surface area contributed by atoms with Gasteiger partial charge in [-0.25, -0.2) is 4.98 Å². The monoisotopic (exact) mass is 279 g/mol. The molecule has 1 atom stereocenters. The first kappa shape index (κ1) is 12.7. The highest BCUT2D eigenvalue weighted by molar-refractivity contribution is 5.79. The van der Waals surface area contributed by atoms with Crippen LogP contribution in [0.3, 0.4) is 0 Å². The molecule has 4 rings (SSSR count). The Hall–Kier alpha value is -2.03. The van der Waals surface area contributed by atoms with Crippen LogP contribution < -0.4 is 0 Å². The lowest BCUT2D eigenvalue weighted by Gasteiger charge is -2.34. The Morgan fingerprint density at radius 3 is 2.76 bits per heavy atom. The zero-order valence-corrected chi connectivity index (χ0v) is 12.2. The molecular formula is C18H21N3. The fourth-order valence-electron chi connectivity index (χ4n) is 3.49. The largest absolute Gasteiger partial charge is 0.347 e. The number of aromatic nitrogens is 3. The van der Waals surface area contributed by atoms with Gasteiger partial charge in [0, 0.05) is 37.2 Å². The number of benzene rings is 1. The van der Waals surface area contributed by atoms with Crippen LogP contribution in [0.2, 0.25) is 0 Å². The average Bonchev–Trinajstić information content (AvgIpc) is 3.07. The molecule has 0 N–H and O–H groups in total. The van der Waals surface area contributed by atoms with Crippen molar-refractivity contribution in [2.45, 2.75) is 32.4 Å². The number of fused-ring (bicyclic) bond motifs is 1. The summed E-state index contributed by atoms with van der Waals surface area (Å²) in [5.74, 6) is 1.57. The molecule has 0 amide bonds. The van der Waals surface area contributed by atoms with E-state index in [0.717, 1.165) is 19.0 Å². The van der Waals surface area contributed by atoms with Gasteiger partial charge in [-0.15, -0.1) is 0 Å². The molecule has 1 fully saturated rings. The van der Waals surface area contributed by atoms with Gasteiger partial charge in [-0.2, -0.15) is 0 Å². The lowest BCUT2D eigenvalue weighted by atomic mass is 9.75. The third-order valence-electron chi connectivity index (χ3n) is 4.93. The van der Waals surface area contributed by atoms with E-state index in [2.05, 4.69) is 56.8 Å². The SMILES string of the molecule is c1ccc2c(c1)ccn2CC(Cn1ccnc1)C1CCC1. The minimum absolute atomic E-state index is 0.698. The highest BCUT2D eigenvalue weighted by atomic mass is 15.0. The third-order valence-corrected chi connectivity index (χ3v) is 4.93. The summed E-state index contributed by atoms with van der Waals surface area (Å²) in [5.41, 5.74) is 1.35. The van der Waals surface area contributed by atoms with Crippen LogP contribution in [0.4, 0.5) is 0 Å². The first-order valence-electron chi connectivity index (χ1n) is 7.90. The van der Waals surface area contributed by atoms with E-state index in [0.29, 0.717) is 5.92 Å². The van der Waals surface area contributed by atoms with Gasteiger partial charge in [-0.1, -0.05) is 37.5 Å². The van der Waals surface area contributed by atoms with Crippen LogP contribution >= 0.6 is 0 Å². The molecular weight excluding hydrogens is 258 g/mol. The van der Waals surface area contributed by atoms with Crippen molar-refractivity contribution in [3.63, 3.8) is 0 Å². The second-order valence-electron chi connectivity index (χ2n) is 6.24. The summed E-state index contributed by atoms with van der Waals surface area (Å²) in [6.07, 6.45) is 12.3. The minimum atomic E-state index is 0.698. The maximum Gasteiger partial charge on any atom is 0.0946 e. The molecule has 0 bridgehead atoms. The van der Waals surface area contributed by atoms with Crippen molar-refractivity contribution in [3.05, 3.63) is 55.2 Å². The van der Waals surface area contributed by atoms with Gasteiger partial charge in [0.2, 0.25) is 0 Å². The van der Waals surface area contributed by atoms with Crippen molar-refractivity contribution in [3.8, 4) is 0 Å². The molecule has 3 aromatic rings. The molecule has 1 aromatic carbocycles. The predicted octanol–water partition coefficient (Wildman–Crippen LogP) is 3.95. The second-order valence-corrected chi connectivity index (χ2v) is 6.24. The fraction of sp³-hybridized carbons (Fsp3) is 0.389. The lowest BCUT2D eigenvalue weighted by molar-refractivity contribution is 0.168. The zero-order valence-electron chi connectivity index (χ0n) is 12.2. The number of hydrogen-bond acceptors (Lipinski definition) is 1. The maximum atomic E-state index is 4.18. The number of imidazole rings is 1. The third kappa shape index (κ3) is 2.48. The minimum Gasteiger partial charge on any atom is -0.347 e. The van der Waals surface area contributed by atoms with E-state index in [4.69, 9.17) is 0 Å². The molecule has 1 saturated carbocycles. The quantitative estimate of drug-likeness (QED) is 0.693. The van der Waals surface area contributed by atoms with E-state index in [-0.39, 0.29) is 0 Å². The number of hydrogen-bond donors (Lipinski definition) is 0. The first-order valence-corrected chi connectivity index (χ1v) is 7.90. The van der Waals surface area contributed by atoms with Crippen LogP contribution in [-0.4, -0.2) is 14.1 Å². The molecule has 21 heavy (non-hydrogen) atoms. The van der Waals surface area contributed by atoms with Crippen LogP contribution in [0.5, 0.6) is 0 Å². The van der Waals surface area contributed by atoms with Crippen molar-refractivity contribution in [2.24, 2.45) is 11.8 Å². The van der Waals surface area contributed by atoms with Gasteiger partial charge >= 0.3 is 0 Å². The molecule has 0 radical (unpaired) electrons. The van der Waals surface area contributed by atoms with Crippen molar-refractivity contribution in [1.29, 1.82) is 0 Å². The van der Waals surface area contributed by atoms with Gasteiger partial charge in [0.1, 0.15) is 0 Å². The summed E-state index contributed by atoms with van der Waals surface area (Å²) in [6.45, 7) is 2.19. The fourth-order valence-corrected chi connectivity index (χ4v) is 3.49. The van der Waals surface area contributed by atoms with Gasteiger partial charge in [0.15, 0.2) is 0 Å². The van der Waals surface area contributed by atoms with Crippen molar-refractivity contribution in [2.75, 3.05) is 0 Å². The first-order chi connectivity index (χ1) is 10.4. The van der Waals surface area contributed by atoms with Crippen LogP contribution in [0.25, 0.3) is 10.9 Å². The summed E-state index contributed by atoms with van der Waals surface area (Å²) in [7, 11) is 0. The van der Waals surface area contributed by atoms with E-state index in [9.17, 15) is 0 Å². The normalized spacial score (nSPS) is 17.0. The standard InChI is InChI=1S/C18H21N3/c1-2-7-18-16(4-1)8-10-21(18)13-17(15-5-3-6-15)12-20-11-9-19-14-20/h1-2,4,7-11,14-15,17H,3,5-6,12-13H2. The van der Waals surface area contributed by atoms with Crippen LogP contribution in [0, 0.1) is 11.8 Å². The number of para-hydroxylation sites is 1. The Labute approximate surface area is 125 Å². The topological polar surface area (TPSA) is 22.8 Å². The Morgan fingerprint density at radius 2 is 2.00 bits per heavy atom. The zero-order chi connectivity index (χ0) is 14.1. The van der Waals surface area contributed by atoms with Crippen molar-refractivity contribution >= 4 is 10.9 Å². The van der Waals surface area contributed by atoms with E-state index in [1.54, 1.807) is 0 Å². The summed E-state index contributed by atoms with van der Waals surface area (Å²) in [6, 6.07) is 10.9. The lowest BCUT2D eigenvalue weighted by Crippen LogP contribution is -2.29. The molecule has 0 spiro atoms. The Kier molecular flexibility index (Phi) is 3.26. The Bertz CT molecular complexity index is 707. The molecule has 3 nitrogen and oxygen atoms in total. The maximum absolute atomic E-state index is 4.18. The van der Waals surface area contributed by atoms with Crippen LogP contribution in [-0.2, 0) is 13.1 Å². The van der Waals surface area contributed by atoms with E-state index in [1.807, 2.05) is 12.5 Å². The molecule has 1 aliphatic rings. The van der Waals surface area contributed by atoms with Gasteiger partial charge in [0.05, 0.1) is 6.33 Å². The Balaban J connectivity index is 1.58. The molecule has 2 heterocycles. The molecule has 1 unspecified atom stereocenters.